The van der Waals surface area contributed by atoms with Crippen LogP contribution in [-0.4, -0.2) is 65.3 Å². The fraction of sp³-hybridized carbons (Fsp3) is 0.800. The van der Waals surface area contributed by atoms with Crippen molar-refractivity contribution in [2.45, 2.75) is 65.6 Å². The molecular formula is C20H35N5O. The van der Waals surface area contributed by atoms with Crippen LogP contribution in [0.15, 0.2) is 0 Å². The van der Waals surface area contributed by atoms with E-state index in [0.29, 0.717) is 18.0 Å². The third-order valence-electron chi connectivity index (χ3n) is 6.43. The quantitative estimate of drug-likeness (QED) is 0.892. The molecule has 0 aromatic carbocycles. The molecule has 0 bridgehead atoms. The van der Waals surface area contributed by atoms with Crippen LogP contribution in [-0.2, 0) is 11.3 Å². The van der Waals surface area contributed by atoms with E-state index in [1.165, 1.54) is 24.1 Å². The Kier molecular flexibility index (Phi) is 5.45. The highest BCUT2D eigenvalue weighted by Crippen LogP contribution is 2.41. The first-order valence-electron chi connectivity index (χ1n) is 9.94. The molecule has 0 aliphatic carbocycles. The van der Waals surface area contributed by atoms with Gasteiger partial charge in [0.2, 0.25) is 5.91 Å². The van der Waals surface area contributed by atoms with Gasteiger partial charge in [-0.2, -0.15) is 5.10 Å². The minimum Gasteiger partial charge on any atom is -0.340 e. The number of nitrogens with one attached hydrogen (secondary N) is 1. The van der Waals surface area contributed by atoms with E-state index >= 15 is 0 Å². The van der Waals surface area contributed by atoms with Gasteiger partial charge in [-0.1, -0.05) is 0 Å². The Morgan fingerprint density at radius 3 is 2.58 bits per heavy atom. The van der Waals surface area contributed by atoms with Gasteiger partial charge in [0.25, 0.3) is 0 Å². The number of carbonyl (C=O) groups excluding carboxylic acids is 1. The van der Waals surface area contributed by atoms with Crippen LogP contribution >= 0.6 is 0 Å². The van der Waals surface area contributed by atoms with E-state index < -0.39 is 0 Å². The van der Waals surface area contributed by atoms with Gasteiger partial charge in [-0.05, 0) is 72.5 Å². The molecule has 1 atom stereocenters. The third-order valence-corrected chi connectivity index (χ3v) is 6.43. The average Bonchev–Trinajstić information content (AvgIpc) is 3.05. The van der Waals surface area contributed by atoms with Crippen molar-refractivity contribution in [3.05, 3.63) is 17.0 Å². The summed E-state index contributed by atoms with van der Waals surface area (Å²) in [5.41, 5.74) is 3.72. The maximum Gasteiger partial charge on any atom is 0.239 e. The zero-order valence-electron chi connectivity index (χ0n) is 17.3. The topological polar surface area (TPSA) is 53.4 Å². The van der Waals surface area contributed by atoms with Crippen LogP contribution < -0.4 is 5.32 Å². The number of amides is 1. The number of aromatic nitrogens is 2. The van der Waals surface area contributed by atoms with Crippen LogP contribution in [0.3, 0.4) is 0 Å². The molecule has 2 aliphatic heterocycles. The van der Waals surface area contributed by atoms with Crippen molar-refractivity contribution in [1.29, 1.82) is 0 Å². The molecule has 2 saturated heterocycles. The lowest BCUT2D eigenvalue weighted by Crippen LogP contribution is -2.42. The average molecular weight is 362 g/mol. The molecule has 3 rings (SSSR count). The molecule has 1 aromatic heterocycles. The van der Waals surface area contributed by atoms with Crippen LogP contribution in [0.25, 0.3) is 0 Å². The van der Waals surface area contributed by atoms with Crippen LogP contribution in [0.1, 0.15) is 56.1 Å². The Morgan fingerprint density at radius 1 is 1.35 bits per heavy atom. The van der Waals surface area contributed by atoms with E-state index in [2.05, 4.69) is 47.8 Å². The van der Waals surface area contributed by atoms with E-state index in [4.69, 9.17) is 0 Å². The summed E-state index contributed by atoms with van der Waals surface area (Å²) < 4.78 is 2.06. The third kappa shape index (κ3) is 3.54. The van der Waals surface area contributed by atoms with Gasteiger partial charge in [-0.15, -0.1) is 0 Å². The molecule has 6 heteroatoms. The second-order valence-electron chi connectivity index (χ2n) is 8.77. The van der Waals surface area contributed by atoms with Crippen molar-refractivity contribution in [3.63, 3.8) is 0 Å². The van der Waals surface area contributed by atoms with Crippen LogP contribution in [0.4, 0.5) is 0 Å². The first-order chi connectivity index (χ1) is 12.2. The summed E-state index contributed by atoms with van der Waals surface area (Å²) in [6.07, 6.45) is 3.37. The van der Waals surface area contributed by atoms with E-state index in [0.717, 1.165) is 31.7 Å². The minimum absolute atomic E-state index is 0.0128. The summed E-state index contributed by atoms with van der Waals surface area (Å²) in [6.45, 7) is 12.3. The zero-order chi connectivity index (χ0) is 19.1. The van der Waals surface area contributed by atoms with E-state index in [9.17, 15) is 4.79 Å². The Bertz CT molecular complexity index is 659. The number of piperidine rings is 1. The lowest BCUT2D eigenvalue weighted by Gasteiger charge is -2.33. The second-order valence-corrected chi connectivity index (χ2v) is 8.77. The molecule has 26 heavy (non-hydrogen) atoms. The molecule has 1 aromatic rings. The summed E-state index contributed by atoms with van der Waals surface area (Å²) in [7, 11) is 4.05. The Balaban J connectivity index is 1.70. The summed E-state index contributed by atoms with van der Waals surface area (Å²) in [5, 5.41) is 8.12. The van der Waals surface area contributed by atoms with Gasteiger partial charge in [-0.3, -0.25) is 14.4 Å². The molecule has 1 amide bonds. The van der Waals surface area contributed by atoms with Crippen molar-refractivity contribution in [2.75, 3.05) is 33.7 Å². The van der Waals surface area contributed by atoms with Crippen molar-refractivity contribution < 1.29 is 4.79 Å². The predicted molar refractivity (Wildman–Crippen MR) is 104 cm³/mol. The Morgan fingerprint density at radius 2 is 2.00 bits per heavy atom. The fourth-order valence-electron chi connectivity index (χ4n) is 4.86. The van der Waals surface area contributed by atoms with E-state index in [-0.39, 0.29) is 11.9 Å². The van der Waals surface area contributed by atoms with Gasteiger partial charge >= 0.3 is 0 Å². The molecule has 1 spiro atoms. The van der Waals surface area contributed by atoms with Gasteiger partial charge in [0.05, 0.1) is 11.7 Å². The summed E-state index contributed by atoms with van der Waals surface area (Å²) in [5.74, 6) is 0.249. The standard InChI is InChI=1S/C20H35N5O/c1-14(2)25-16(4)17(15(3)22-25)12-23(5)19(26)18-11-20(13-24(18)6)7-9-21-10-8-20/h14,18,21H,7-13H2,1-6H3. The molecular weight excluding hydrogens is 326 g/mol. The molecule has 146 valence electrons. The highest BCUT2D eigenvalue weighted by atomic mass is 16.2. The lowest BCUT2D eigenvalue weighted by molar-refractivity contribution is -0.134. The molecule has 2 fully saturated rings. The SMILES string of the molecule is Cc1nn(C(C)C)c(C)c1CN(C)C(=O)C1CC2(CCNCC2)CN1C. The fourth-order valence-corrected chi connectivity index (χ4v) is 4.86. The Hall–Kier alpha value is -1.40. The van der Waals surface area contributed by atoms with Gasteiger partial charge < -0.3 is 10.2 Å². The molecule has 1 N–H and O–H groups in total. The normalized spacial score (nSPS) is 23.1. The smallest absolute Gasteiger partial charge is 0.239 e. The maximum absolute atomic E-state index is 13.2. The van der Waals surface area contributed by atoms with E-state index in [1.807, 2.05) is 18.9 Å². The van der Waals surface area contributed by atoms with Crippen molar-refractivity contribution in [2.24, 2.45) is 5.41 Å². The zero-order valence-corrected chi connectivity index (χ0v) is 17.3. The molecule has 6 nitrogen and oxygen atoms in total. The largest absolute Gasteiger partial charge is 0.340 e. The highest BCUT2D eigenvalue weighted by molar-refractivity contribution is 5.82. The van der Waals surface area contributed by atoms with Crippen molar-refractivity contribution in [3.8, 4) is 0 Å². The lowest BCUT2D eigenvalue weighted by atomic mass is 9.77. The second kappa shape index (κ2) is 7.31. The number of hydrogen-bond donors (Lipinski definition) is 1. The van der Waals surface area contributed by atoms with Gasteiger partial charge in [0.1, 0.15) is 0 Å². The van der Waals surface area contributed by atoms with Crippen LogP contribution in [0, 0.1) is 19.3 Å². The maximum atomic E-state index is 13.2. The monoisotopic (exact) mass is 361 g/mol. The first-order valence-corrected chi connectivity index (χ1v) is 9.94. The molecule has 1 unspecified atom stereocenters. The van der Waals surface area contributed by atoms with E-state index in [1.54, 1.807) is 0 Å². The van der Waals surface area contributed by atoms with Crippen molar-refractivity contribution in [1.82, 2.24) is 24.9 Å². The molecule has 3 heterocycles. The predicted octanol–water partition coefficient (Wildman–Crippen LogP) is 2.11. The number of likely N-dealkylation sites (tertiary alicyclic amines) is 1. The van der Waals surface area contributed by atoms with Gasteiger partial charge in [0, 0.05) is 37.4 Å². The van der Waals surface area contributed by atoms with Crippen LogP contribution in [0.2, 0.25) is 0 Å². The van der Waals surface area contributed by atoms with Gasteiger partial charge in [0.15, 0.2) is 0 Å². The van der Waals surface area contributed by atoms with Gasteiger partial charge in [-0.25, -0.2) is 0 Å². The van der Waals surface area contributed by atoms with Crippen LogP contribution in [0.5, 0.6) is 0 Å². The van der Waals surface area contributed by atoms with Crippen molar-refractivity contribution >= 4 is 5.91 Å². The summed E-state index contributed by atoms with van der Waals surface area (Å²) in [4.78, 5) is 17.4. The number of carbonyl (C=O) groups is 1. The summed E-state index contributed by atoms with van der Waals surface area (Å²) in [6, 6.07) is 0.350. The molecule has 0 radical (unpaired) electrons. The number of likely N-dealkylation sites (N-methyl/N-ethyl adjacent to an activating group) is 2. The molecule has 0 saturated carbocycles. The first kappa shape index (κ1) is 19.4. The molecule has 2 aliphatic rings. The minimum atomic E-state index is 0.0128. The Labute approximate surface area is 157 Å². The number of aryl methyl sites for hydroxylation is 1. The highest BCUT2D eigenvalue weighted by Gasteiger charge is 2.46. The number of nitrogens with zero attached hydrogens (tertiary/aromatic N) is 4. The summed E-state index contributed by atoms with van der Waals surface area (Å²) >= 11 is 0. The number of rotatable bonds is 4. The number of hydrogen-bond acceptors (Lipinski definition) is 4.